The number of hydrogen-bond acceptors (Lipinski definition) is 18. The fourth-order valence-corrected chi connectivity index (χ4v) is 15.8. The monoisotopic (exact) mass is 1570 g/mol. The predicted molar refractivity (Wildman–Crippen MR) is 443 cm³/mol. The van der Waals surface area contributed by atoms with E-state index in [-0.39, 0.29) is 18.9 Å². The van der Waals surface area contributed by atoms with Gasteiger partial charge in [-0.25, -0.2) is 0 Å². The number of unbranched alkanes of at least 4 members (excludes halogenated alkanes) is 56. The molecule has 0 aromatic rings. The van der Waals surface area contributed by atoms with E-state index in [0.29, 0.717) is 6.42 Å². The minimum Gasteiger partial charge on any atom is -0.394 e. The van der Waals surface area contributed by atoms with Gasteiger partial charge in [0.2, 0.25) is 5.91 Å². The molecule has 3 rings (SSSR count). The first kappa shape index (κ1) is 102. The van der Waals surface area contributed by atoms with E-state index in [1.807, 2.05) is 6.08 Å². The molecule has 0 aliphatic carbocycles. The predicted octanol–water partition coefficient (Wildman–Crippen LogP) is 17.8. The molecule has 0 saturated carbocycles. The first-order valence-corrected chi connectivity index (χ1v) is 46.2. The Hall–Kier alpha value is -1.99. The van der Waals surface area contributed by atoms with E-state index in [4.69, 9.17) is 28.4 Å². The van der Waals surface area contributed by atoms with Crippen LogP contribution in [-0.2, 0) is 33.2 Å². The van der Waals surface area contributed by atoms with Crippen LogP contribution in [0.4, 0.5) is 0 Å². The Bertz CT molecular complexity index is 2120. The topological polar surface area (TPSA) is 307 Å². The Labute approximate surface area is 670 Å². The molecule has 0 bridgehead atoms. The van der Waals surface area contributed by atoms with Gasteiger partial charge in [-0.15, -0.1) is 0 Å². The molecule has 3 aliphatic rings. The molecule has 0 aromatic heterocycles. The van der Waals surface area contributed by atoms with Crippen LogP contribution < -0.4 is 5.32 Å². The average Bonchev–Trinajstić information content (AvgIpc) is 0.780. The molecular weight excluding hydrogens is 1390 g/mol. The number of allylic oxidation sites excluding steroid dienone is 5. The molecular formula is C91H171NO18. The number of hydrogen-bond donors (Lipinski definition) is 12. The summed E-state index contributed by atoms with van der Waals surface area (Å²) in [6.45, 7) is 1.80. The molecule has 1 amide bonds. The van der Waals surface area contributed by atoms with Crippen molar-refractivity contribution < 1.29 is 89.4 Å². The highest BCUT2D eigenvalue weighted by atomic mass is 16.8. The number of nitrogens with one attached hydrogen (secondary N) is 1. The lowest BCUT2D eigenvalue weighted by atomic mass is 9.96. The van der Waals surface area contributed by atoms with E-state index in [2.05, 4.69) is 43.5 Å². The molecule has 0 aromatic carbocycles. The number of aliphatic hydroxyl groups is 11. The number of aliphatic hydroxyl groups excluding tert-OH is 11. The van der Waals surface area contributed by atoms with Gasteiger partial charge < -0.3 is 89.9 Å². The van der Waals surface area contributed by atoms with Crippen molar-refractivity contribution in [2.24, 2.45) is 0 Å². The molecule has 19 nitrogen and oxygen atoms in total. The number of amides is 1. The molecule has 17 unspecified atom stereocenters. The second-order valence-corrected chi connectivity index (χ2v) is 33.1. The summed E-state index contributed by atoms with van der Waals surface area (Å²) in [5.74, 6) is -0.266. The van der Waals surface area contributed by atoms with Gasteiger partial charge in [-0.3, -0.25) is 4.79 Å². The minimum atomic E-state index is -1.98. The molecule has 0 spiro atoms. The standard InChI is InChI=1S/C91H171NO18/c1-3-5-7-9-11-13-15-17-19-21-23-25-27-29-31-32-33-34-35-36-37-38-39-40-41-42-43-45-47-49-51-53-55-57-59-61-63-65-67-69-79(97)92-74(75(96)68-66-64-62-60-58-56-54-52-50-48-46-44-30-28-26-24-22-20-18-16-14-12-10-8-6-4-2)73-105-89-85(103)82(100)87(77(71-94)107-89)110-91-86(104)83(101)88(78(72-95)108-91)109-90-84(102)81(99)80(98)76(70-93)106-90/h15,17,21,23,66,68,74-78,80-91,93-96,98-104H,3-14,16,18-20,22,24-65,67,69-73H2,1-2H3,(H,92,97)/b17-15-,23-21-,68-66+. The van der Waals surface area contributed by atoms with E-state index in [0.717, 1.165) is 51.4 Å². The van der Waals surface area contributed by atoms with E-state index < -0.39 is 124 Å². The van der Waals surface area contributed by atoms with Crippen LogP contribution in [0.15, 0.2) is 36.5 Å². The zero-order chi connectivity index (χ0) is 79.5. The third kappa shape index (κ3) is 49.3. The summed E-state index contributed by atoms with van der Waals surface area (Å²) < 4.78 is 34.5. The molecule has 3 aliphatic heterocycles. The molecule has 3 heterocycles. The summed E-state index contributed by atoms with van der Waals surface area (Å²) in [5.41, 5.74) is 0. The van der Waals surface area contributed by atoms with Crippen LogP contribution in [0.2, 0.25) is 0 Å². The van der Waals surface area contributed by atoms with E-state index in [1.165, 1.54) is 327 Å². The Balaban J connectivity index is 1.30. The maximum absolute atomic E-state index is 13.5. The highest BCUT2D eigenvalue weighted by Gasteiger charge is 2.54. The van der Waals surface area contributed by atoms with Crippen molar-refractivity contribution in [2.45, 2.75) is 510 Å². The van der Waals surface area contributed by atoms with Gasteiger partial charge >= 0.3 is 0 Å². The van der Waals surface area contributed by atoms with E-state index >= 15 is 0 Å². The first-order chi connectivity index (χ1) is 53.8. The number of rotatable bonds is 76. The Morgan fingerprint density at radius 2 is 0.600 bits per heavy atom. The van der Waals surface area contributed by atoms with Gasteiger partial charge in [0.15, 0.2) is 18.9 Å². The molecule has 3 fully saturated rings. The lowest BCUT2D eigenvalue weighted by Crippen LogP contribution is -2.66. The largest absolute Gasteiger partial charge is 0.394 e. The molecule has 19 heteroatoms. The molecule has 0 radical (unpaired) electrons. The van der Waals surface area contributed by atoms with Crippen molar-refractivity contribution in [2.75, 3.05) is 26.4 Å². The van der Waals surface area contributed by atoms with Crippen molar-refractivity contribution in [1.29, 1.82) is 0 Å². The smallest absolute Gasteiger partial charge is 0.220 e. The van der Waals surface area contributed by atoms with Gasteiger partial charge in [0.25, 0.3) is 0 Å². The second-order valence-electron chi connectivity index (χ2n) is 33.1. The Morgan fingerprint density at radius 1 is 0.327 bits per heavy atom. The SMILES string of the molecule is CCCCCCC/C=C\C/C=C\CCCCCCCCCCCCCCCCCCCCCCCCCCCCCC(=O)NC(COC1OC(CO)C(OC2OC(CO)C(OC3OC(CO)C(O)C(O)C3O)C(O)C2O)C(O)C1O)C(O)/C=C/CCCCCCCCCCCCCCCCCCCCCCCCCC. The summed E-state index contributed by atoms with van der Waals surface area (Å²) in [4.78, 5) is 13.5. The van der Waals surface area contributed by atoms with Crippen LogP contribution >= 0.6 is 0 Å². The first-order valence-electron chi connectivity index (χ1n) is 46.2. The molecule has 12 N–H and O–H groups in total. The third-order valence-corrected chi connectivity index (χ3v) is 23.2. The lowest BCUT2D eigenvalue weighted by Gasteiger charge is -2.48. The zero-order valence-electron chi connectivity index (χ0n) is 70.0. The lowest BCUT2D eigenvalue weighted by molar-refractivity contribution is -0.379. The molecule has 17 atom stereocenters. The Kier molecular flexibility index (Phi) is 66.1. The number of carbonyl (C=O) groups is 1. The van der Waals surface area contributed by atoms with Crippen molar-refractivity contribution >= 4 is 5.91 Å². The summed E-state index contributed by atoms with van der Waals surface area (Å²) >= 11 is 0. The van der Waals surface area contributed by atoms with Gasteiger partial charge in [0.1, 0.15) is 73.2 Å². The van der Waals surface area contributed by atoms with Crippen molar-refractivity contribution in [3.05, 3.63) is 36.5 Å². The normalized spacial score (nSPS) is 25.3. The van der Waals surface area contributed by atoms with Gasteiger partial charge in [-0.05, 0) is 51.4 Å². The fourth-order valence-electron chi connectivity index (χ4n) is 15.8. The van der Waals surface area contributed by atoms with E-state index in [1.54, 1.807) is 6.08 Å². The summed E-state index contributed by atoms with van der Waals surface area (Å²) in [6.07, 6.45) is 64.5. The van der Waals surface area contributed by atoms with Gasteiger partial charge in [0.05, 0.1) is 38.6 Å². The average molecular weight is 1570 g/mol. The summed E-state index contributed by atoms with van der Waals surface area (Å²) in [5, 5.41) is 121. The van der Waals surface area contributed by atoms with Crippen LogP contribution in [0.1, 0.15) is 406 Å². The maximum atomic E-state index is 13.5. The van der Waals surface area contributed by atoms with E-state index in [9.17, 15) is 61.0 Å². The van der Waals surface area contributed by atoms with Crippen LogP contribution in [0.3, 0.4) is 0 Å². The molecule has 3 saturated heterocycles. The molecule has 110 heavy (non-hydrogen) atoms. The van der Waals surface area contributed by atoms with Gasteiger partial charge in [0, 0.05) is 6.42 Å². The van der Waals surface area contributed by atoms with Crippen LogP contribution in [-0.4, -0.2) is 193 Å². The third-order valence-electron chi connectivity index (χ3n) is 23.2. The fraction of sp³-hybridized carbons (Fsp3) is 0.923. The second kappa shape index (κ2) is 71.1. The van der Waals surface area contributed by atoms with Gasteiger partial charge in [-0.1, -0.05) is 384 Å². The van der Waals surface area contributed by atoms with Crippen molar-refractivity contribution in [3.63, 3.8) is 0 Å². The van der Waals surface area contributed by atoms with Crippen LogP contribution in [0.5, 0.6) is 0 Å². The summed E-state index contributed by atoms with van der Waals surface area (Å²) in [7, 11) is 0. The van der Waals surface area contributed by atoms with Crippen molar-refractivity contribution in [1.82, 2.24) is 5.32 Å². The highest BCUT2D eigenvalue weighted by Crippen LogP contribution is 2.34. The quantitative estimate of drug-likeness (QED) is 0.0199. The van der Waals surface area contributed by atoms with Crippen molar-refractivity contribution in [3.8, 4) is 0 Å². The highest BCUT2D eigenvalue weighted by molar-refractivity contribution is 5.76. The maximum Gasteiger partial charge on any atom is 0.220 e. The van der Waals surface area contributed by atoms with Gasteiger partial charge in [-0.2, -0.15) is 0 Å². The van der Waals surface area contributed by atoms with Crippen LogP contribution in [0.25, 0.3) is 0 Å². The van der Waals surface area contributed by atoms with Crippen LogP contribution in [0, 0.1) is 0 Å². The summed E-state index contributed by atoms with van der Waals surface area (Å²) in [6, 6.07) is -0.973. The number of ether oxygens (including phenoxy) is 6. The zero-order valence-corrected chi connectivity index (χ0v) is 70.0. The minimum absolute atomic E-state index is 0.249. The molecule has 648 valence electrons. The number of carbonyl (C=O) groups excluding carboxylic acids is 1. The Morgan fingerprint density at radius 3 is 0.927 bits per heavy atom.